The molecular weight excluding hydrogens is 420 g/mol. The van der Waals surface area contributed by atoms with E-state index < -0.39 is 0 Å². The van der Waals surface area contributed by atoms with E-state index in [1.54, 1.807) is 11.0 Å². The highest BCUT2D eigenvalue weighted by Crippen LogP contribution is 2.37. The number of nitrogens with zero attached hydrogens (tertiary/aromatic N) is 6. The largest absolute Gasteiger partial charge is 0.376 e. The molecule has 10 heteroatoms. The second-order valence-corrected chi connectivity index (χ2v) is 9.92. The molecule has 0 aliphatic carbocycles. The average Bonchev–Trinajstić information content (AvgIpc) is 3.56. The SMILES string of the molecule is N#Cc1ccsc1N1CCC(Sc2nnc(N3CCCC3)n2CC2CCCO2)C1=O. The summed E-state index contributed by atoms with van der Waals surface area (Å²) in [7, 11) is 0. The number of carbonyl (C=O) groups is 1. The molecule has 2 unspecified atom stereocenters. The second kappa shape index (κ2) is 8.57. The van der Waals surface area contributed by atoms with Crippen molar-refractivity contribution >= 4 is 40.0 Å². The molecule has 3 saturated heterocycles. The number of thioether (sulfide) groups is 1. The summed E-state index contributed by atoms with van der Waals surface area (Å²) in [6.07, 6.45) is 5.40. The van der Waals surface area contributed by atoms with E-state index in [1.807, 2.05) is 5.38 Å². The molecule has 158 valence electrons. The number of carbonyl (C=O) groups excluding carboxylic acids is 1. The fraction of sp³-hybridized carbons (Fsp3) is 0.600. The van der Waals surface area contributed by atoms with Gasteiger partial charge >= 0.3 is 0 Å². The van der Waals surface area contributed by atoms with Crippen LogP contribution >= 0.6 is 23.1 Å². The number of rotatable bonds is 6. The number of amides is 1. The minimum absolute atomic E-state index is 0.0494. The average molecular weight is 445 g/mol. The smallest absolute Gasteiger partial charge is 0.241 e. The number of hydrogen-bond acceptors (Lipinski definition) is 8. The van der Waals surface area contributed by atoms with Crippen LogP contribution in [0.5, 0.6) is 0 Å². The van der Waals surface area contributed by atoms with Gasteiger partial charge < -0.3 is 14.5 Å². The van der Waals surface area contributed by atoms with Gasteiger partial charge in [-0.15, -0.1) is 21.5 Å². The standard InChI is InChI=1S/C20H24N6O2S2/c21-12-14-6-11-29-18(14)25-9-5-16(17(25)27)30-20-23-22-19(24-7-1-2-8-24)26(20)13-15-4-3-10-28-15/h6,11,15-16H,1-5,7-10,13H2. The van der Waals surface area contributed by atoms with Crippen molar-refractivity contribution < 1.29 is 9.53 Å². The fourth-order valence-corrected chi connectivity index (χ4v) is 6.32. The first-order valence-electron chi connectivity index (χ1n) is 10.5. The zero-order valence-electron chi connectivity index (χ0n) is 16.7. The van der Waals surface area contributed by atoms with E-state index in [2.05, 4.69) is 25.7 Å². The lowest BCUT2D eigenvalue weighted by Gasteiger charge is -2.21. The summed E-state index contributed by atoms with van der Waals surface area (Å²) in [4.78, 5) is 17.1. The van der Waals surface area contributed by atoms with Crippen molar-refractivity contribution in [3.05, 3.63) is 17.0 Å². The highest BCUT2D eigenvalue weighted by atomic mass is 32.2. The zero-order valence-corrected chi connectivity index (χ0v) is 18.3. The Bertz CT molecular complexity index is 955. The van der Waals surface area contributed by atoms with Crippen molar-refractivity contribution in [2.45, 2.75) is 55.2 Å². The molecule has 0 bridgehead atoms. The van der Waals surface area contributed by atoms with Crippen LogP contribution < -0.4 is 9.80 Å². The molecule has 0 saturated carbocycles. The van der Waals surface area contributed by atoms with E-state index in [4.69, 9.17) is 4.74 Å². The van der Waals surface area contributed by atoms with Crippen molar-refractivity contribution in [1.29, 1.82) is 5.26 Å². The molecule has 2 atom stereocenters. The minimum atomic E-state index is -0.211. The number of aromatic nitrogens is 3. The Labute approximate surface area is 183 Å². The maximum absolute atomic E-state index is 13.1. The molecule has 3 aliphatic rings. The summed E-state index contributed by atoms with van der Waals surface area (Å²) in [5.74, 6) is 0.950. The predicted octanol–water partition coefficient (Wildman–Crippen LogP) is 2.89. The Morgan fingerprint density at radius 2 is 2.10 bits per heavy atom. The lowest BCUT2D eigenvalue weighted by molar-refractivity contribution is -0.116. The lowest BCUT2D eigenvalue weighted by Crippen LogP contribution is -2.28. The van der Waals surface area contributed by atoms with Gasteiger partial charge in [0.25, 0.3) is 0 Å². The van der Waals surface area contributed by atoms with Gasteiger partial charge in [0.2, 0.25) is 11.9 Å². The number of thiophene rings is 1. The zero-order chi connectivity index (χ0) is 20.5. The molecule has 3 fully saturated rings. The quantitative estimate of drug-likeness (QED) is 0.677. The first-order chi connectivity index (χ1) is 14.7. The lowest BCUT2D eigenvalue weighted by atomic mass is 10.2. The minimum Gasteiger partial charge on any atom is -0.376 e. The van der Waals surface area contributed by atoms with Gasteiger partial charge in [0.1, 0.15) is 11.1 Å². The van der Waals surface area contributed by atoms with Gasteiger partial charge in [-0.1, -0.05) is 11.8 Å². The molecular formula is C20H24N6O2S2. The van der Waals surface area contributed by atoms with Crippen LogP contribution in [-0.2, 0) is 16.1 Å². The number of anilines is 2. The molecule has 0 aromatic carbocycles. The van der Waals surface area contributed by atoms with E-state index in [9.17, 15) is 10.1 Å². The summed E-state index contributed by atoms with van der Waals surface area (Å²) in [6, 6.07) is 3.96. The molecule has 8 nitrogen and oxygen atoms in total. The third-order valence-corrected chi connectivity index (χ3v) is 8.08. The van der Waals surface area contributed by atoms with Crippen LogP contribution in [0.15, 0.2) is 16.6 Å². The maximum Gasteiger partial charge on any atom is 0.241 e. The molecule has 3 aliphatic heterocycles. The Morgan fingerprint density at radius 1 is 1.23 bits per heavy atom. The molecule has 2 aromatic heterocycles. The molecule has 5 rings (SSSR count). The van der Waals surface area contributed by atoms with Crippen LogP contribution in [0.4, 0.5) is 10.9 Å². The molecule has 0 radical (unpaired) electrons. The normalized spacial score (nSPS) is 24.2. The van der Waals surface area contributed by atoms with Gasteiger partial charge in [-0.05, 0) is 43.6 Å². The van der Waals surface area contributed by atoms with E-state index >= 15 is 0 Å². The van der Waals surface area contributed by atoms with E-state index in [0.29, 0.717) is 12.1 Å². The van der Waals surface area contributed by atoms with Crippen LogP contribution in [-0.4, -0.2) is 58.3 Å². The monoisotopic (exact) mass is 444 g/mol. The molecule has 5 heterocycles. The Morgan fingerprint density at radius 3 is 2.87 bits per heavy atom. The molecule has 30 heavy (non-hydrogen) atoms. The molecule has 0 spiro atoms. The van der Waals surface area contributed by atoms with Gasteiger partial charge in [0, 0.05) is 26.2 Å². The van der Waals surface area contributed by atoms with Crippen LogP contribution in [0.25, 0.3) is 0 Å². The topological polar surface area (TPSA) is 87.3 Å². The summed E-state index contributed by atoms with van der Waals surface area (Å²) >= 11 is 2.95. The number of nitriles is 1. The summed E-state index contributed by atoms with van der Waals surface area (Å²) in [6.45, 7) is 4.17. The van der Waals surface area contributed by atoms with E-state index in [1.165, 1.54) is 35.9 Å². The predicted molar refractivity (Wildman–Crippen MR) is 116 cm³/mol. The molecule has 0 N–H and O–H groups in total. The summed E-state index contributed by atoms with van der Waals surface area (Å²) < 4.78 is 8.03. The molecule has 2 aromatic rings. The van der Waals surface area contributed by atoms with Crippen molar-refractivity contribution in [3.8, 4) is 6.07 Å². The summed E-state index contributed by atoms with van der Waals surface area (Å²) in [5.41, 5.74) is 0.567. The fourth-order valence-electron chi connectivity index (χ4n) is 4.36. The second-order valence-electron chi connectivity index (χ2n) is 7.86. The first kappa shape index (κ1) is 19.8. The van der Waals surface area contributed by atoms with E-state index in [-0.39, 0.29) is 17.3 Å². The van der Waals surface area contributed by atoms with Gasteiger partial charge in [-0.3, -0.25) is 9.36 Å². The maximum atomic E-state index is 13.1. The third-order valence-electron chi connectivity index (χ3n) is 5.91. The van der Waals surface area contributed by atoms with Gasteiger partial charge in [-0.25, -0.2) is 0 Å². The number of ether oxygens (including phenoxy) is 1. The van der Waals surface area contributed by atoms with Gasteiger partial charge in [-0.2, -0.15) is 5.26 Å². The number of hydrogen-bond donors (Lipinski definition) is 0. The van der Waals surface area contributed by atoms with Crippen molar-refractivity contribution in [2.75, 3.05) is 36.0 Å². The molecule has 1 amide bonds. The van der Waals surface area contributed by atoms with Crippen molar-refractivity contribution in [1.82, 2.24) is 14.8 Å². The van der Waals surface area contributed by atoms with Gasteiger partial charge in [0.15, 0.2) is 5.16 Å². The Balaban J connectivity index is 1.36. The first-order valence-corrected chi connectivity index (χ1v) is 12.3. The highest BCUT2D eigenvalue weighted by Gasteiger charge is 2.37. The van der Waals surface area contributed by atoms with Gasteiger partial charge in [0.05, 0.1) is 23.5 Å². The third kappa shape index (κ3) is 3.70. The van der Waals surface area contributed by atoms with Crippen molar-refractivity contribution in [3.63, 3.8) is 0 Å². The summed E-state index contributed by atoms with van der Waals surface area (Å²) in [5, 5.41) is 21.5. The van der Waals surface area contributed by atoms with Crippen LogP contribution in [0.2, 0.25) is 0 Å². The Kier molecular flexibility index (Phi) is 5.67. The van der Waals surface area contributed by atoms with Crippen molar-refractivity contribution in [2.24, 2.45) is 0 Å². The highest BCUT2D eigenvalue weighted by molar-refractivity contribution is 8.00. The van der Waals surface area contributed by atoms with Crippen LogP contribution in [0.1, 0.15) is 37.7 Å². The van der Waals surface area contributed by atoms with Crippen LogP contribution in [0, 0.1) is 11.3 Å². The van der Waals surface area contributed by atoms with E-state index in [0.717, 1.165) is 61.6 Å². The Hall–Kier alpha value is -2.09. The van der Waals surface area contributed by atoms with Crippen LogP contribution in [0.3, 0.4) is 0 Å².